The van der Waals surface area contributed by atoms with E-state index in [0.717, 1.165) is 5.56 Å². The van der Waals surface area contributed by atoms with Crippen LogP contribution in [0.1, 0.15) is 36.0 Å². The van der Waals surface area contributed by atoms with Gasteiger partial charge in [0.2, 0.25) is 5.91 Å². The van der Waals surface area contributed by atoms with Crippen molar-refractivity contribution in [1.29, 1.82) is 0 Å². The summed E-state index contributed by atoms with van der Waals surface area (Å²) < 4.78 is 5.31. The van der Waals surface area contributed by atoms with Crippen LogP contribution < -0.4 is 0 Å². The van der Waals surface area contributed by atoms with Gasteiger partial charge < -0.3 is 14.7 Å². The van der Waals surface area contributed by atoms with Gasteiger partial charge in [-0.05, 0) is 32.3 Å². The Balaban J connectivity index is 1.98. The molecular formula is C18H25NO4. The Morgan fingerprint density at radius 2 is 1.91 bits per heavy atom. The first-order valence-electron chi connectivity index (χ1n) is 8.00. The Hall–Kier alpha value is -1.88. The van der Waals surface area contributed by atoms with Crippen LogP contribution in [0.25, 0.3) is 0 Å². The lowest BCUT2D eigenvalue weighted by molar-refractivity contribution is -0.139. The highest BCUT2D eigenvalue weighted by Crippen LogP contribution is 2.24. The molecule has 1 amide bonds. The van der Waals surface area contributed by atoms with Crippen LogP contribution in [0, 0.1) is 13.8 Å². The summed E-state index contributed by atoms with van der Waals surface area (Å²) in [6, 6.07) is 6.04. The fourth-order valence-electron chi connectivity index (χ4n) is 3.35. The fourth-order valence-corrected chi connectivity index (χ4v) is 3.35. The molecule has 2 rings (SSSR count). The summed E-state index contributed by atoms with van der Waals surface area (Å²) in [4.78, 5) is 25.2. The van der Waals surface area contributed by atoms with Crippen molar-refractivity contribution in [3.8, 4) is 0 Å². The number of carboxylic acids is 1. The monoisotopic (exact) mass is 319 g/mol. The first-order valence-corrected chi connectivity index (χ1v) is 8.00. The summed E-state index contributed by atoms with van der Waals surface area (Å²) in [6.45, 7) is 4.58. The number of aryl methyl sites for hydroxylation is 3. The second-order valence-corrected chi connectivity index (χ2v) is 6.39. The number of rotatable bonds is 6. The minimum atomic E-state index is -0.876. The van der Waals surface area contributed by atoms with Crippen molar-refractivity contribution in [2.24, 2.45) is 0 Å². The summed E-state index contributed by atoms with van der Waals surface area (Å²) >= 11 is 0. The van der Waals surface area contributed by atoms with E-state index in [1.165, 1.54) is 11.1 Å². The second-order valence-electron chi connectivity index (χ2n) is 6.39. The molecule has 1 aromatic rings. The van der Waals surface area contributed by atoms with Crippen molar-refractivity contribution in [1.82, 2.24) is 4.90 Å². The number of hydrogen-bond donors (Lipinski definition) is 1. The van der Waals surface area contributed by atoms with Crippen LogP contribution in [0.2, 0.25) is 0 Å². The zero-order valence-corrected chi connectivity index (χ0v) is 14.0. The molecule has 2 atom stereocenters. The summed E-state index contributed by atoms with van der Waals surface area (Å²) in [5, 5.41) is 9.02. The number of carbonyl (C=O) groups excluding carboxylic acids is 1. The van der Waals surface area contributed by atoms with Gasteiger partial charge in [-0.2, -0.15) is 0 Å². The number of nitrogens with zero attached hydrogens (tertiary/aromatic N) is 1. The third-order valence-corrected chi connectivity index (χ3v) is 4.35. The lowest BCUT2D eigenvalue weighted by atomic mass is 10.0. The molecule has 126 valence electrons. The number of methoxy groups -OCH3 is 1. The molecule has 1 heterocycles. The predicted molar refractivity (Wildman–Crippen MR) is 87.4 cm³/mol. The van der Waals surface area contributed by atoms with Gasteiger partial charge in [-0.3, -0.25) is 9.59 Å². The highest BCUT2D eigenvalue weighted by atomic mass is 16.5. The molecule has 1 saturated heterocycles. The number of carboxylic acid groups (broad SMARTS) is 1. The van der Waals surface area contributed by atoms with E-state index < -0.39 is 5.97 Å². The summed E-state index contributed by atoms with van der Waals surface area (Å²) in [7, 11) is 1.60. The topological polar surface area (TPSA) is 66.8 Å². The largest absolute Gasteiger partial charge is 0.481 e. The average Bonchev–Trinajstić information content (AvgIpc) is 2.86. The molecular weight excluding hydrogens is 294 g/mol. The molecule has 1 aliphatic heterocycles. The van der Waals surface area contributed by atoms with Crippen molar-refractivity contribution in [3.63, 3.8) is 0 Å². The molecule has 1 N–H and O–H groups in total. The van der Waals surface area contributed by atoms with E-state index in [4.69, 9.17) is 9.84 Å². The predicted octanol–water partition coefficient (Wildman–Crippen LogP) is 2.33. The van der Waals surface area contributed by atoms with Gasteiger partial charge in [0.25, 0.3) is 0 Å². The van der Waals surface area contributed by atoms with Crippen molar-refractivity contribution in [2.75, 3.05) is 13.7 Å². The molecule has 0 bridgehead atoms. The van der Waals surface area contributed by atoms with Crippen molar-refractivity contribution in [2.45, 2.75) is 51.7 Å². The van der Waals surface area contributed by atoms with Crippen molar-refractivity contribution >= 4 is 11.9 Å². The van der Waals surface area contributed by atoms with E-state index in [2.05, 4.69) is 18.2 Å². The smallest absolute Gasteiger partial charge is 0.305 e. The number of benzene rings is 1. The van der Waals surface area contributed by atoms with Crippen LogP contribution in [0.3, 0.4) is 0 Å². The molecule has 0 saturated carbocycles. The van der Waals surface area contributed by atoms with Crippen LogP contribution in [-0.2, 0) is 20.7 Å². The molecule has 0 aromatic heterocycles. The van der Waals surface area contributed by atoms with Gasteiger partial charge in [0.1, 0.15) is 0 Å². The van der Waals surface area contributed by atoms with E-state index >= 15 is 0 Å². The summed E-state index contributed by atoms with van der Waals surface area (Å²) in [6.07, 6.45) is 1.59. The highest BCUT2D eigenvalue weighted by molar-refractivity contribution is 5.78. The van der Waals surface area contributed by atoms with Gasteiger partial charge in [-0.1, -0.05) is 29.3 Å². The maximum atomic E-state index is 12.5. The van der Waals surface area contributed by atoms with Gasteiger partial charge in [0.15, 0.2) is 0 Å². The zero-order valence-electron chi connectivity index (χ0n) is 14.0. The summed E-state index contributed by atoms with van der Waals surface area (Å²) in [5.74, 6) is -0.867. The van der Waals surface area contributed by atoms with Gasteiger partial charge in [0, 0.05) is 26.1 Å². The molecule has 5 nitrogen and oxygen atoms in total. The van der Waals surface area contributed by atoms with Crippen molar-refractivity contribution < 1.29 is 19.4 Å². The number of likely N-dealkylation sites (tertiary alicyclic amines) is 1. The zero-order chi connectivity index (χ0) is 17.0. The summed E-state index contributed by atoms with van der Waals surface area (Å²) in [5.41, 5.74) is 3.53. The Morgan fingerprint density at radius 1 is 1.26 bits per heavy atom. The number of carbonyl (C=O) groups is 2. The Labute approximate surface area is 137 Å². The first kappa shape index (κ1) is 17.5. The Morgan fingerprint density at radius 3 is 2.48 bits per heavy atom. The van der Waals surface area contributed by atoms with Crippen LogP contribution >= 0.6 is 0 Å². The van der Waals surface area contributed by atoms with Gasteiger partial charge in [0.05, 0.1) is 12.5 Å². The van der Waals surface area contributed by atoms with Gasteiger partial charge in [-0.25, -0.2) is 0 Å². The van der Waals surface area contributed by atoms with Gasteiger partial charge in [-0.15, -0.1) is 0 Å². The molecule has 0 radical (unpaired) electrons. The lowest BCUT2D eigenvalue weighted by Gasteiger charge is -2.23. The standard InChI is InChI=1S/C18H25NO4/c1-12-6-13(2)8-14(7-12)4-5-17(20)19-11-16(23-3)9-15(19)10-18(21)22/h6-8,15-16H,4-5,9-11H2,1-3H3,(H,21,22). The number of ether oxygens (including phenoxy) is 1. The number of aliphatic carboxylic acids is 1. The van der Waals surface area contributed by atoms with Crippen molar-refractivity contribution in [3.05, 3.63) is 34.9 Å². The number of amides is 1. The molecule has 0 spiro atoms. The first-order chi connectivity index (χ1) is 10.9. The molecule has 5 heteroatoms. The van der Waals surface area contributed by atoms with Crippen LogP contribution in [0.4, 0.5) is 0 Å². The van der Waals surface area contributed by atoms with E-state index in [9.17, 15) is 9.59 Å². The molecule has 2 unspecified atom stereocenters. The normalized spacial score (nSPS) is 20.7. The number of hydrogen-bond acceptors (Lipinski definition) is 3. The Bertz CT molecular complexity index is 564. The SMILES string of the molecule is COC1CC(CC(=O)O)N(C(=O)CCc2cc(C)cc(C)c2)C1. The van der Waals surface area contributed by atoms with E-state index in [0.29, 0.717) is 25.8 Å². The molecule has 1 fully saturated rings. The fraction of sp³-hybridized carbons (Fsp3) is 0.556. The third-order valence-electron chi connectivity index (χ3n) is 4.35. The van der Waals surface area contributed by atoms with Gasteiger partial charge >= 0.3 is 5.97 Å². The van der Waals surface area contributed by atoms with E-state index in [1.807, 2.05) is 13.8 Å². The highest BCUT2D eigenvalue weighted by Gasteiger charge is 2.36. The second kappa shape index (κ2) is 7.59. The molecule has 23 heavy (non-hydrogen) atoms. The molecule has 1 aliphatic rings. The average molecular weight is 319 g/mol. The third kappa shape index (κ3) is 4.79. The van der Waals surface area contributed by atoms with Crippen LogP contribution in [0.5, 0.6) is 0 Å². The van der Waals surface area contributed by atoms with E-state index in [-0.39, 0.29) is 24.5 Å². The maximum Gasteiger partial charge on any atom is 0.305 e. The van der Waals surface area contributed by atoms with E-state index in [1.54, 1.807) is 12.0 Å². The van der Waals surface area contributed by atoms with Crippen LogP contribution in [-0.4, -0.2) is 47.7 Å². The minimum Gasteiger partial charge on any atom is -0.481 e. The minimum absolute atomic E-state index is 0.00922. The maximum absolute atomic E-state index is 12.5. The Kier molecular flexibility index (Phi) is 5.77. The van der Waals surface area contributed by atoms with Crippen LogP contribution in [0.15, 0.2) is 18.2 Å². The molecule has 1 aromatic carbocycles. The molecule has 0 aliphatic carbocycles. The quantitative estimate of drug-likeness (QED) is 0.874. The lowest BCUT2D eigenvalue weighted by Crippen LogP contribution is -2.37.